The maximum atomic E-state index is 12.3. The third-order valence-corrected chi connectivity index (χ3v) is 4.72. The molecule has 1 aromatic rings. The zero-order valence-corrected chi connectivity index (χ0v) is 13.8. The van der Waals surface area contributed by atoms with E-state index in [-0.39, 0.29) is 5.91 Å². The van der Waals surface area contributed by atoms with Gasteiger partial charge in [-0.3, -0.25) is 19.5 Å². The van der Waals surface area contributed by atoms with Gasteiger partial charge in [-0.2, -0.15) is 0 Å². The fourth-order valence-electron chi connectivity index (χ4n) is 2.54. The first-order valence-electron chi connectivity index (χ1n) is 7.23. The van der Waals surface area contributed by atoms with Gasteiger partial charge in [-0.05, 0) is 6.92 Å². The summed E-state index contributed by atoms with van der Waals surface area (Å²) in [6.45, 7) is 7.20. The summed E-state index contributed by atoms with van der Waals surface area (Å²) in [6, 6.07) is 0.451. The number of hydrogen-bond donors (Lipinski definition) is 0. The third-order valence-electron chi connectivity index (χ3n) is 3.87. The van der Waals surface area contributed by atoms with Gasteiger partial charge in [0.15, 0.2) is 5.13 Å². The molecule has 21 heavy (non-hydrogen) atoms. The minimum atomic E-state index is 0.0995. The molecule has 1 saturated heterocycles. The van der Waals surface area contributed by atoms with Crippen molar-refractivity contribution in [2.45, 2.75) is 13.0 Å². The molecule has 1 amide bonds. The number of likely N-dealkylation sites (N-methyl/N-ethyl adjacent to an activating group) is 1. The molecule has 6 nitrogen and oxygen atoms in total. The average Bonchev–Trinajstić information content (AvgIpc) is 2.99. The molecule has 0 saturated carbocycles. The molecule has 1 aliphatic heterocycles. The van der Waals surface area contributed by atoms with E-state index in [0.717, 1.165) is 37.9 Å². The van der Waals surface area contributed by atoms with Crippen molar-refractivity contribution in [3.8, 4) is 0 Å². The Kier molecular flexibility index (Phi) is 6.10. The molecule has 1 aromatic heterocycles. The molecule has 2 rings (SSSR count). The number of carbonyl (C=O) groups excluding carboxylic acids is 1. The molecular formula is C14H24N4O2S. The van der Waals surface area contributed by atoms with E-state index in [2.05, 4.69) is 21.7 Å². The van der Waals surface area contributed by atoms with Gasteiger partial charge in [0, 0.05) is 58.0 Å². The van der Waals surface area contributed by atoms with Crippen LogP contribution in [0.3, 0.4) is 0 Å². The van der Waals surface area contributed by atoms with Crippen LogP contribution in [0.2, 0.25) is 0 Å². The van der Waals surface area contributed by atoms with Crippen LogP contribution in [0.1, 0.15) is 6.92 Å². The van der Waals surface area contributed by atoms with Gasteiger partial charge in [0.1, 0.15) is 0 Å². The van der Waals surface area contributed by atoms with E-state index in [9.17, 15) is 4.79 Å². The Morgan fingerprint density at radius 3 is 3.00 bits per heavy atom. The van der Waals surface area contributed by atoms with E-state index in [1.165, 1.54) is 11.3 Å². The van der Waals surface area contributed by atoms with Gasteiger partial charge in [0.05, 0.1) is 13.2 Å². The Bertz CT molecular complexity index is 440. The highest BCUT2D eigenvalue weighted by Crippen LogP contribution is 2.16. The number of thiazole rings is 1. The summed E-state index contributed by atoms with van der Waals surface area (Å²) < 4.78 is 5.14. The Balaban J connectivity index is 1.80. The molecule has 0 bridgehead atoms. The highest BCUT2D eigenvalue weighted by molar-refractivity contribution is 7.13. The molecule has 1 aliphatic rings. The number of rotatable bonds is 6. The number of aromatic nitrogens is 1. The number of hydrogen-bond acceptors (Lipinski definition) is 6. The summed E-state index contributed by atoms with van der Waals surface area (Å²) >= 11 is 1.48. The second-order valence-electron chi connectivity index (χ2n) is 5.38. The topological polar surface area (TPSA) is 48.9 Å². The number of piperazine rings is 1. The van der Waals surface area contributed by atoms with Crippen LogP contribution in [0, 0.1) is 0 Å². The normalized spacial score (nSPS) is 20.6. The quantitative estimate of drug-likeness (QED) is 0.776. The van der Waals surface area contributed by atoms with Crippen LogP contribution in [-0.2, 0) is 9.53 Å². The Morgan fingerprint density at radius 1 is 1.57 bits per heavy atom. The SMILES string of the molecule is COCCN1CCN(CC(=O)N(C)c2nccs2)CC1C. The van der Waals surface area contributed by atoms with Crippen LogP contribution in [0.5, 0.6) is 0 Å². The molecule has 0 N–H and O–H groups in total. The molecule has 0 radical (unpaired) electrons. The fraction of sp³-hybridized carbons (Fsp3) is 0.714. The standard InChI is InChI=1S/C14H24N4O2S/c1-12-10-17(5-6-18(12)7-8-20-3)11-13(19)16(2)14-15-4-9-21-14/h4,9,12H,5-8,10-11H2,1-3H3. The Labute approximate surface area is 130 Å². The van der Waals surface area contributed by atoms with Crippen LogP contribution in [-0.4, -0.2) is 80.2 Å². The van der Waals surface area contributed by atoms with Crippen molar-refractivity contribution < 1.29 is 9.53 Å². The van der Waals surface area contributed by atoms with Crippen molar-refractivity contribution in [1.29, 1.82) is 0 Å². The molecule has 1 unspecified atom stereocenters. The molecule has 7 heteroatoms. The van der Waals surface area contributed by atoms with Crippen molar-refractivity contribution in [1.82, 2.24) is 14.8 Å². The first kappa shape index (κ1) is 16.4. The fourth-order valence-corrected chi connectivity index (χ4v) is 3.17. The third kappa shape index (κ3) is 4.47. The van der Waals surface area contributed by atoms with Gasteiger partial charge in [-0.15, -0.1) is 11.3 Å². The van der Waals surface area contributed by atoms with E-state index in [1.54, 1.807) is 25.3 Å². The molecule has 0 aromatic carbocycles. The molecule has 1 atom stereocenters. The van der Waals surface area contributed by atoms with Crippen molar-refractivity contribution in [2.75, 3.05) is 58.4 Å². The van der Waals surface area contributed by atoms with Crippen LogP contribution < -0.4 is 4.90 Å². The van der Waals surface area contributed by atoms with Crippen LogP contribution in [0.15, 0.2) is 11.6 Å². The predicted octanol–water partition coefficient (Wildman–Crippen LogP) is 0.758. The summed E-state index contributed by atoms with van der Waals surface area (Å²) in [5.41, 5.74) is 0. The Morgan fingerprint density at radius 2 is 2.38 bits per heavy atom. The number of anilines is 1. The van der Waals surface area contributed by atoms with Crippen molar-refractivity contribution in [3.05, 3.63) is 11.6 Å². The average molecular weight is 312 g/mol. The minimum Gasteiger partial charge on any atom is -0.383 e. The summed E-state index contributed by atoms with van der Waals surface area (Å²) in [7, 11) is 3.52. The predicted molar refractivity (Wildman–Crippen MR) is 84.9 cm³/mol. The van der Waals surface area contributed by atoms with Gasteiger partial charge in [0.25, 0.3) is 0 Å². The van der Waals surface area contributed by atoms with Gasteiger partial charge < -0.3 is 4.74 Å². The van der Waals surface area contributed by atoms with Gasteiger partial charge in [-0.25, -0.2) is 4.98 Å². The van der Waals surface area contributed by atoms with Crippen molar-refractivity contribution in [3.63, 3.8) is 0 Å². The zero-order chi connectivity index (χ0) is 15.2. The van der Waals surface area contributed by atoms with Crippen molar-refractivity contribution in [2.24, 2.45) is 0 Å². The maximum Gasteiger partial charge on any atom is 0.242 e. The van der Waals surface area contributed by atoms with Gasteiger partial charge in [0.2, 0.25) is 5.91 Å². The van der Waals surface area contributed by atoms with E-state index in [0.29, 0.717) is 12.6 Å². The first-order valence-corrected chi connectivity index (χ1v) is 8.11. The van der Waals surface area contributed by atoms with E-state index in [1.807, 2.05) is 5.38 Å². The van der Waals surface area contributed by atoms with Crippen LogP contribution >= 0.6 is 11.3 Å². The summed E-state index contributed by atoms with van der Waals surface area (Å²) in [6.07, 6.45) is 1.72. The monoisotopic (exact) mass is 312 g/mol. The van der Waals surface area contributed by atoms with E-state index >= 15 is 0 Å². The number of amides is 1. The lowest BCUT2D eigenvalue weighted by Crippen LogP contribution is -2.54. The lowest BCUT2D eigenvalue weighted by atomic mass is 10.2. The van der Waals surface area contributed by atoms with E-state index in [4.69, 9.17) is 4.74 Å². The lowest BCUT2D eigenvalue weighted by molar-refractivity contribution is -0.120. The summed E-state index contributed by atoms with van der Waals surface area (Å²) in [5, 5.41) is 2.64. The van der Waals surface area contributed by atoms with Crippen LogP contribution in [0.4, 0.5) is 5.13 Å². The smallest absolute Gasteiger partial charge is 0.242 e. The first-order chi connectivity index (χ1) is 10.1. The maximum absolute atomic E-state index is 12.3. The highest BCUT2D eigenvalue weighted by atomic mass is 32.1. The van der Waals surface area contributed by atoms with Gasteiger partial charge in [-0.1, -0.05) is 0 Å². The number of methoxy groups -OCH3 is 1. The highest BCUT2D eigenvalue weighted by Gasteiger charge is 2.25. The van der Waals surface area contributed by atoms with Gasteiger partial charge >= 0.3 is 0 Å². The minimum absolute atomic E-state index is 0.0995. The Hall–Kier alpha value is -1.02. The lowest BCUT2D eigenvalue weighted by Gasteiger charge is -2.39. The van der Waals surface area contributed by atoms with E-state index < -0.39 is 0 Å². The molecule has 0 aliphatic carbocycles. The molecule has 118 valence electrons. The second kappa shape index (κ2) is 7.84. The summed E-state index contributed by atoms with van der Waals surface area (Å²) in [4.78, 5) is 22.7. The molecule has 2 heterocycles. The molecule has 1 fully saturated rings. The largest absolute Gasteiger partial charge is 0.383 e. The zero-order valence-electron chi connectivity index (χ0n) is 13.0. The number of ether oxygens (including phenoxy) is 1. The number of nitrogens with zero attached hydrogens (tertiary/aromatic N) is 4. The number of carbonyl (C=O) groups is 1. The molecule has 0 spiro atoms. The van der Waals surface area contributed by atoms with Crippen LogP contribution in [0.25, 0.3) is 0 Å². The second-order valence-corrected chi connectivity index (χ2v) is 6.25. The summed E-state index contributed by atoms with van der Waals surface area (Å²) in [5.74, 6) is 0.0995. The van der Waals surface area contributed by atoms with Crippen molar-refractivity contribution >= 4 is 22.4 Å². The molecular weight excluding hydrogens is 288 g/mol.